The van der Waals surface area contributed by atoms with Gasteiger partial charge in [-0.15, -0.1) is 0 Å². The number of likely N-dealkylation sites (tertiary alicyclic amines) is 1. The highest BCUT2D eigenvalue weighted by Gasteiger charge is 2.25. The fourth-order valence-electron chi connectivity index (χ4n) is 3.90. The molecule has 31 heavy (non-hydrogen) atoms. The van der Waals surface area contributed by atoms with E-state index in [1.54, 1.807) is 24.7 Å². The van der Waals surface area contributed by atoms with Gasteiger partial charge in [-0.3, -0.25) is 14.8 Å². The Kier molecular flexibility index (Phi) is 6.36. The van der Waals surface area contributed by atoms with Gasteiger partial charge < -0.3 is 10.2 Å². The minimum Gasteiger partial charge on any atom is -0.340 e. The van der Waals surface area contributed by atoms with Gasteiger partial charge in [0.1, 0.15) is 5.82 Å². The Bertz CT molecular complexity index is 1080. The lowest BCUT2D eigenvalue weighted by atomic mass is 9.93. The van der Waals surface area contributed by atoms with E-state index < -0.39 is 0 Å². The first-order chi connectivity index (χ1) is 15.1. The summed E-state index contributed by atoms with van der Waals surface area (Å²) in [6.45, 7) is 5.49. The van der Waals surface area contributed by atoms with Gasteiger partial charge in [0.15, 0.2) is 0 Å². The number of pyridine rings is 3. The van der Waals surface area contributed by atoms with E-state index in [4.69, 9.17) is 4.98 Å². The van der Waals surface area contributed by atoms with Crippen LogP contribution in [0, 0.1) is 13.8 Å². The summed E-state index contributed by atoms with van der Waals surface area (Å²) in [6, 6.07) is 11.9. The van der Waals surface area contributed by atoms with Gasteiger partial charge >= 0.3 is 0 Å². The molecule has 6 heteroatoms. The first kappa shape index (κ1) is 20.7. The third-order valence-corrected chi connectivity index (χ3v) is 5.50. The van der Waals surface area contributed by atoms with Crippen molar-refractivity contribution >= 4 is 23.5 Å². The Hall–Kier alpha value is -3.54. The van der Waals surface area contributed by atoms with Crippen molar-refractivity contribution in [3.8, 4) is 0 Å². The number of rotatable bonds is 5. The molecule has 0 aromatic carbocycles. The monoisotopic (exact) mass is 413 g/mol. The van der Waals surface area contributed by atoms with Gasteiger partial charge in [-0.2, -0.15) is 0 Å². The number of anilines is 2. The van der Waals surface area contributed by atoms with E-state index in [-0.39, 0.29) is 11.8 Å². The minimum absolute atomic E-state index is 0.0312. The predicted molar refractivity (Wildman–Crippen MR) is 123 cm³/mol. The number of hydrogen-bond donors (Lipinski definition) is 1. The van der Waals surface area contributed by atoms with Crippen molar-refractivity contribution in [2.24, 2.45) is 0 Å². The van der Waals surface area contributed by atoms with E-state index >= 15 is 0 Å². The van der Waals surface area contributed by atoms with E-state index in [1.807, 2.05) is 55.2 Å². The summed E-state index contributed by atoms with van der Waals surface area (Å²) >= 11 is 0. The fourth-order valence-corrected chi connectivity index (χ4v) is 3.90. The van der Waals surface area contributed by atoms with Crippen molar-refractivity contribution in [3.05, 3.63) is 83.6 Å². The van der Waals surface area contributed by atoms with E-state index in [0.717, 1.165) is 53.4 Å². The van der Waals surface area contributed by atoms with Crippen LogP contribution >= 0.6 is 0 Å². The summed E-state index contributed by atoms with van der Waals surface area (Å²) in [7, 11) is 0. The molecule has 1 unspecified atom stereocenters. The van der Waals surface area contributed by atoms with Crippen LogP contribution in [-0.2, 0) is 4.79 Å². The molecule has 0 spiro atoms. The van der Waals surface area contributed by atoms with Crippen LogP contribution in [0.4, 0.5) is 11.5 Å². The van der Waals surface area contributed by atoms with Gasteiger partial charge in [0.05, 0.1) is 0 Å². The molecule has 1 aliphatic rings. The van der Waals surface area contributed by atoms with Crippen molar-refractivity contribution in [3.63, 3.8) is 0 Å². The number of aryl methyl sites for hydroxylation is 2. The second-order valence-corrected chi connectivity index (χ2v) is 7.96. The summed E-state index contributed by atoms with van der Waals surface area (Å²) in [5, 5.41) is 3.42. The molecule has 6 nitrogen and oxygen atoms in total. The average Bonchev–Trinajstić information content (AvgIpc) is 2.79. The minimum atomic E-state index is 0.0312. The topological polar surface area (TPSA) is 71.0 Å². The Morgan fingerprint density at radius 3 is 2.87 bits per heavy atom. The van der Waals surface area contributed by atoms with Crippen molar-refractivity contribution in [2.45, 2.75) is 32.6 Å². The molecule has 0 aliphatic carbocycles. The fraction of sp³-hybridized carbons (Fsp3) is 0.280. The molecule has 1 N–H and O–H groups in total. The van der Waals surface area contributed by atoms with Gasteiger partial charge in [0, 0.05) is 60.7 Å². The first-order valence-corrected chi connectivity index (χ1v) is 10.6. The lowest BCUT2D eigenvalue weighted by molar-refractivity contribution is -0.127. The van der Waals surface area contributed by atoms with Crippen molar-refractivity contribution in [1.29, 1.82) is 0 Å². The van der Waals surface area contributed by atoms with Gasteiger partial charge in [-0.1, -0.05) is 12.1 Å². The molecule has 0 saturated carbocycles. The van der Waals surface area contributed by atoms with Crippen LogP contribution in [-0.4, -0.2) is 38.8 Å². The largest absolute Gasteiger partial charge is 0.340 e. The molecular weight excluding hydrogens is 386 g/mol. The zero-order valence-corrected chi connectivity index (χ0v) is 18.0. The quantitative estimate of drug-likeness (QED) is 0.617. The molecule has 4 heterocycles. The number of amides is 1. The molecule has 1 amide bonds. The van der Waals surface area contributed by atoms with Gasteiger partial charge in [-0.25, -0.2) is 4.98 Å². The summed E-state index contributed by atoms with van der Waals surface area (Å²) in [4.78, 5) is 28.0. The van der Waals surface area contributed by atoms with Crippen LogP contribution < -0.4 is 5.32 Å². The van der Waals surface area contributed by atoms with E-state index in [0.29, 0.717) is 6.54 Å². The molecule has 0 radical (unpaired) electrons. The van der Waals surface area contributed by atoms with Crippen LogP contribution in [0.15, 0.2) is 61.1 Å². The van der Waals surface area contributed by atoms with E-state index in [1.165, 1.54) is 0 Å². The SMILES string of the molecule is Cc1cc(Nc2ncccc2C)cc(C2CCCN(C(=O)C=Cc3cccnc3)C2)n1. The Balaban J connectivity index is 1.47. The smallest absolute Gasteiger partial charge is 0.246 e. The zero-order chi connectivity index (χ0) is 21.6. The number of piperidine rings is 1. The second kappa shape index (κ2) is 9.51. The summed E-state index contributed by atoms with van der Waals surface area (Å²) < 4.78 is 0. The van der Waals surface area contributed by atoms with Crippen LogP contribution in [0.25, 0.3) is 6.08 Å². The first-order valence-electron chi connectivity index (χ1n) is 10.6. The van der Waals surface area contributed by atoms with Crippen LogP contribution in [0.3, 0.4) is 0 Å². The molecule has 0 bridgehead atoms. The third kappa shape index (κ3) is 5.34. The molecular formula is C25H27N5O. The van der Waals surface area contributed by atoms with Gasteiger partial charge in [0.2, 0.25) is 5.91 Å². The number of carbonyl (C=O) groups excluding carboxylic acids is 1. The average molecular weight is 414 g/mol. The van der Waals surface area contributed by atoms with Crippen LogP contribution in [0.1, 0.15) is 41.3 Å². The predicted octanol–water partition coefficient (Wildman–Crippen LogP) is 4.65. The summed E-state index contributed by atoms with van der Waals surface area (Å²) in [5.74, 6) is 1.10. The molecule has 1 atom stereocenters. The molecule has 1 aliphatic heterocycles. The number of nitrogens with one attached hydrogen (secondary N) is 1. The van der Waals surface area contributed by atoms with E-state index in [2.05, 4.69) is 21.4 Å². The van der Waals surface area contributed by atoms with Gasteiger partial charge in [0.25, 0.3) is 0 Å². The Morgan fingerprint density at radius 1 is 1.19 bits per heavy atom. The normalized spacial score (nSPS) is 16.5. The standard InChI is InChI=1S/C25H27N5O/c1-18-6-3-12-27-25(18)29-22-14-19(2)28-23(15-22)21-8-5-13-30(17-21)24(31)10-9-20-7-4-11-26-16-20/h3-4,6-7,9-12,14-16,21H,5,8,13,17H2,1-2H3,(H,27,28,29). The lowest BCUT2D eigenvalue weighted by Crippen LogP contribution is -2.38. The number of carbonyl (C=O) groups is 1. The maximum absolute atomic E-state index is 12.7. The van der Waals surface area contributed by atoms with Crippen molar-refractivity contribution in [2.75, 3.05) is 18.4 Å². The summed E-state index contributed by atoms with van der Waals surface area (Å²) in [6.07, 6.45) is 10.7. The highest BCUT2D eigenvalue weighted by Crippen LogP contribution is 2.29. The maximum Gasteiger partial charge on any atom is 0.246 e. The molecule has 158 valence electrons. The second-order valence-electron chi connectivity index (χ2n) is 7.96. The number of hydrogen-bond acceptors (Lipinski definition) is 5. The van der Waals surface area contributed by atoms with Crippen molar-refractivity contribution < 1.29 is 4.79 Å². The Labute approximate surface area is 183 Å². The highest BCUT2D eigenvalue weighted by molar-refractivity contribution is 5.91. The van der Waals surface area contributed by atoms with Crippen LogP contribution in [0.5, 0.6) is 0 Å². The van der Waals surface area contributed by atoms with Crippen molar-refractivity contribution in [1.82, 2.24) is 19.9 Å². The molecule has 3 aromatic rings. The molecule has 3 aromatic heterocycles. The Morgan fingerprint density at radius 2 is 2.06 bits per heavy atom. The molecule has 1 fully saturated rings. The molecule has 1 saturated heterocycles. The highest BCUT2D eigenvalue weighted by atomic mass is 16.2. The third-order valence-electron chi connectivity index (χ3n) is 5.50. The number of aromatic nitrogens is 3. The number of nitrogens with zero attached hydrogens (tertiary/aromatic N) is 4. The maximum atomic E-state index is 12.7. The van der Waals surface area contributed by atoms with E-state index in [9.17, 15) is 4.79 Å². The van der Waals surface area contributed by atoms with Crippen LogP contribution in [0.2, 0.25) is 0 Å². The zero-order valence-electron chi connectivity index (χ0n) is 18.0. The van der Waals surface area contributed by atoms with Gasteiger partial charge in [-0.05, 0) is 68.2 Å². The lowest BCUT2D eigenvalue weighted by Gasteiger charge is -2.32. The molecule has 4 rings (SSSR count). The summed E-state index contributed by atoms with van der Waals surface area (Å²) in [5.41, 5.74) is 4.96.